The van der Waals surface area contributed by atoms with Gasteiger partial charge in [0.25, 0.3) is 0 Å². The number of pyridine rings is 1. The maximum Gasteiger partial charge on any atom is 0.128 e. The molecule has 0 spiro atoms. The van der Waals surface area contributed by atoms with Gasteiger partial charge in [-0.05, 0) is 30.5 Å². The number of nitrogens with two attached hydrogens (primary N) is 1. The van der Waals surface area contributed by atoms with Gasteiger partial charge in [0.05, 0.1) is 13.2 Å². The minimum absolute atomic E-state index is 0.0984. The van der Waals surface area contributed by atoms with Crippen molar-refractivity contribution in [1.82, 2.24) is 4.98 Å². The molecule has 0 aliphatic carbocycles. The van der Waals surface area contributed by atoms with E-state index in [0.717, 1.165) is 44.1 Å². The smallest absolute Gasteiger partial charge is 0.128 e. The molecule has 1 aromatic heterocycles. The second-order valence-electron chi connectivity index (χ2n) is 4.51. The van der Waals surface area contributed by atoms with Crippen molar-refractivity contribution in [1.29, 1.82) is 0 Å². The Morgan fingerprint density at radius 2 is 2.18 bits per heavy atom. The van der Waals surface area contributed by atoms with Crippen LogP contribution in [0.2, 0.25) is 0 Å². The topological polar surface area (TPSA) is 51.4 Å². The van der Waals surface area contributed by atoms with E-state index in [-0.39, 0.29) is 6.04 Å². The van der Waals surface area contributed by atoms with Crippen molar-refractivity contribution < 1.29 is 4.74 Å². The monoisotopic (exact) mass is 235 g/mol. The Bertz CT molecular complexity index is 375. The van der Waals surface area contributed by atoms with Crippen molar-refractivity contribution in [3.8, 4) is 0 Å². The minimum atomic E-state index is 0.0984. The number of hydrogen-bond donors (Lipinski definition) is 1. The van der Waals surface area contributed by atoms with Crippen molar-refractivity contribution in [2.45, 2.75) is 26.3 Å². The molecule has 4 nitrogen and oxygen atoms in total. The summed E-state index contributed by atoms with van der Waals surface area (Å²) < 4.78 is 5.34. The van der Waals surface area contributed by atoms with Crippen molar-refractivity contribution in [2.75, 3.05) is 31.2 Å². The summed E-state index contributed by atoms with van der Waals surface area (Å²) in [6, 6.07) is 2.23. The van der Waals surface area contributed by atoms with Crippen LogP contribution < -0.4 is 10.6 Å². The Balaban J connectivity index is 2.17. The number of ether oxygens (including phenoxy) is 1. The molecule has 1 fully saturated rings. The van der Waals surface area contributed by atoms with E-state index in [0.29, 0.717) is 0 Å². The van der Waals surface area contributed by atoms with E-state index < -0.39 is 0 Å². The average Bonchev–Trinajstić information content (AvgIpc) is 2.39. The van der Waals surface area contributed by atoms with E-state index in [2.05, 4.69) is 29.8 Å². The molecule has 0 aromatic carbocycles. The van der Waals surface area contributed by atoms with Gasteiger partial charge in [0.2, 0.25) is 0 Å². The summed E-state index contributed by atoms with van der Waals surface area (Å²) in [6.07, 6.45) is 2.87. The van der Waals surface area contributed by atoms with Gasteiger partial charge in [-0.3, -0.25) is 0 Å². The lowest BCUT2D eigenvalue weighted by atomic mass is 10.0. The van der Waals surface area contributed by atoms with Crippen molar-refractivity contribution in [3.05, 3.63) is 23.4 Å². The van der Waals surface area contributed by atoms with Gasteiger partial charge in [-0.2, -0.15) is 0 Å². The molecule has 0 amide bonds. The van der Waals surface area contributed by atoms with E-state index in [1.165, 1.54) is 5.56 Å². The lowest BCUT2D eigenvalue weighted by Crippen LogP contribution is -2.36. The highest BCUT2D eigenvalue weighted by atomic mass is 16.5. The van der Waals surface area contributed by atoms with Gasteiger partial charge in [-0.1, -0.05) is 6.92 Å². The standard InChI is InChI=1S/C13H21N3O/c1-3-12(14)11-9-15-13(8-10(11)2)16-4-6-17-7-5-16/h8-9,12H,3-7,14H2,1-2H3/t12-/m1/s1. The number of hydrogen-bond acceptors (Lipinski definition) is 4. The first-order chi connectivity index (χ1) is 8.22. The Labute approximate surface area is 103 Å². The second-order valence-corrected chi connectivity index (χ2v) is 4.51. The highest BCUT2D eigenvalue weighted by Crippen LogP contribution is 2.22. The molecule has 1 aromatic rings. The molecule has 1 atom stereocenters. The van der Waals surface area contributed by atoms with Crippen LogP contribution in [0.5, 0.6) is 0 Å². The molecule has 0 unspecified atom stereocenters. The van der Waals surface area contributed by atoms with Gasteiger partial charge in [0, 0.05) is 25.3 Å². The van der Waals surface area contributed by atoms with E-state index >= 15 is 0 Å². The van der Waals surface area contributed by atoms with Gasteiger partial charge in [-0.15, -0.1) is 0 Å². The van der Waals surface area contributed by atoms with Crippen LogP contribution >= 0.6 is 0 Å². The zero-order chi connectivity index (χ0) is 12.3. The van der Waals surface area contributed by atoms with Crippen molar-refractivity contribution in [2.24, 2.45) is 5.73 Å². The molecule has 17 heavy (non-hydrogen) atoms. The first kappa shape index (κ1) is 12.3. The van der Waals surface area contributed by atoms with Gasteiger partial charge in [-0.25, -0.2) is 4.98 Å². The van der Waals surface area contributed by atoms with Crippen LogP contribution in [0.15, 0.2) is 12.3 Å². The fourth-order valence-corrected chi connectivity index (χ4v) is 2.13. The average molecular weight is 235 g/mol. The summed E-state index contributed by atoms with van der Waals surface area (Å²) in [5.41, 5.74) is 8.44. The lowest BCUT2D eigenvalue weighted by Gasteiger charge is -2.28. The van der Waals surface area contributed by atoms with Gasteiger partial charge in [0.15, 0.2) is 0 Å². The van der Waals surface area contributed by atoms with Crippen LogP contribution in [0.3, 0.4) is 0 Å². The van der Waals surface area contributed by atoms with E-state index in [1.807, 2.05) is 6.20 Å². The largest absolute Gasteiger partial charge is 0.378 e. The second kappa shape index (κ2) is 5.47. The summed E-state index contributed by atoms with van der Waals surface area (Å²) in [7, 11) is 0. The number of morpholine rings is 1. The molecular weight excluding hydrogens is 214 g/mol. The zero-order valence-corrected chi connectivity index (χ0v) is 10.6. The Hall–Kier alpha value is -1.13. The normalized spacial score (nSPS) is 18.2. The zero-order valence-electron chi connectivity index (χ0n) is 10.6. The van der Waals surface area contributed by atoms with Crippen LogP contribution in [-0.4, -0.2) is 31.3 Å². The van der Waals surface area contributed by atoms with Gasteiger partial charge in [0.1, 0.15) is 5.82 Å². The molecule has 2 heterocycles. The van der Waals surface area contributed by atoms with Crippen LogP contribution in [0.25, 0.3) is 0 Å². The third-order valence-electron chi connectivity index (χ3n) is 3.31. The molecule has 0 radical (unpaired) electrons. The molecule has 2 rings (SSSR count). The maximum atomic E-state index is 6.05. The fourth-order valence-electron chi connectivity index (χ4n) is 2.13. The van der Waals surface area contributed by atoms with Crippen LogP contribution in [0.1, 0.15) is 30.5 Å². The van der Waals surface area contributed by atoms with Crippen molar-refractivity contribution >= 4 is 5.82 Å². The number of aryl methyl sites for hydroxylation is 1. The first-order valence-electron chi connectivity index (χ1n) is 6.27. The molecule has 0 saturated carbocycles. The molecule has 94 valence electrons. The molecular formula is C13H21N3O. The number of aromatic nitrogens is 1. The SMILES string of the molecule is CC[C@@H](N)c1cnc(N2CCOCC2)cc1C. The maximum absolute atomic E-state index is 6.05. The lowest BCUT2D eigenvalue weighted by molar-refractivity contribution is 0.122. The third-order valence-corrected chi connectivity index (χ3v) is 3.31. The molecule has 1 aliphatic rings. The summed E-state index contributed by atoms with van der Waals surface area (Å²) in [6.45, 7) is 7.63. The Morgan fingerprint density at radius 1 is 1.47 bits per heavy atom. The minimum Gasteiger partial charge on any atom is -0.378 e. The summed E-state index contributed by atoms with van der Waals surface area (Å²) in [5, 5.41) is 0. The number of anilines is 1. The van der Waals surface area contributed by atoms with Crippen LogP contribution in [0.4, 0.5) is 5.82 Å². The Morgan fingerprint density at radius 3 is 2.76 bits per heavy atom. The fraction of sp³-hybridized carbons (Fsp3) is 0.615. The van der Waals surface area contributed by atoms with E-state index in [9.17, 15) is 0 Å². The van der Waals surface area contributed by atoms with Gasteiger partial charge < -0.3 is 15.4 Å². The predicted octanol–water partition coefficient (Wildman–Crippen LogP) is 1.64. The quantitative estimate of drug-likeness (QED) is 0.865. The highest BCUT2D eigenvalue weighted by Gasteiger charge is 2.14. The van der Waals surface area contributed by atoms with E-state index in [4.69, 9.17) is 10.5 Å². The summed E-state index contributed by atoms with van der Waals surface area (Å²) >= 11 is 0. The molecule has 1 saturated heterocycles. The van der Waals surface area contributed by atoms with E-state index in [1.54, 1.807) is 0 Å². The number of rotatable bonds is 3. The molecule has 2 N–H and O–H groups in total. The van der Waals surface area contributed by atoms with Gasteiger partial charge >= 0.3 is 0 Å². The number of nitrogens with zero attached hydrogens (tertiary/aromatic N) is 2. The Kier molecular flexibility index (Phi) is 3.97. The summed E-state index contributed by atoms with van der Waals surface area (Å²) in [4.78, 5) is 6.78. The van der Waals surface area contributed by atoms with Crippen LogP contribution in [-0.2, 0) is 4.74 Å². The molecule has 0 bridgehead atoms. The third kappa shape index (κ3) is 2.76. The first-order valence-corrected chi connectivity index (χ1v) is 6.27. The summed E-state index contributed by atoms with van der Waals surface area (Å²) in [5.74, 6) is 1.04. The molecule has 1 aliphatic heterocycles. The van der Waals surface area contributed by atoms with Crippen LogP contribution in [0, 0.1) is 6.92 Å². The predicted molar refractivity (Wildman–Crippen MR) is 69.2 cm³/mol. The molecule has 4 heteroatoms. The van der Waals surface area contributed by atoms with Crippen molar-refractivity contribution in [3.63, 3.8) is 0 Å². The highest BCUT2D eigenvalue weighted by molar-refractivity contribution is 5.44.